The molecule has 0 fully saturated rings. The summed E-state index contributed by atoms with van der Waals surface area (Å²) in [4.78, 5) is 34.7. The number of fused-ring (bicyclic) bond motifs is 1. The van der Waals surface area contributed by atoms with E-state index in [0.29, 0.717) is 22.6 Å². The van der Waals surface area contributed by atoms with Crippen LogP contribution in [-0.4, -0.2) is 22.2 Å². The van der Waals surface area contributed by atoms with E-state index in [9.17, 15) is 19.7 Å². The molecule has 0 radical (unpaired) electrons. The zero-order valence-corrected chi connectivity index (χ0v) is 14.9. The number of hydrogen-bond donors (Lipinski definition) is 1. The number of nitrogens with zero attached hydrogens (tertiary/aromatic N) is 1. The Morgan fingerprint density at radius 2 is 2.04 bits per heavy atom. The van der Waals surface area contributed by atoms with Gasteiger partial charge in [-0.25, -0.2) is 0 Å². The summed E-state index contributed by atoms with van der Waals surface area (Å²) in [6.45, 7) is 3.70. The second-order valence-electron chi connectivity index (χ2n) is 6.85. The number of nitro benzene ring substituents is 1. The first-order valence-corrected chi connectivity index (χ1v) is 8.33. The molecule has 1 aliphatic heterocycles. The number of nitrogens with one attached hydrogen (secondary N) is 1. The average molecular weight is 366 g/mol. The fourth-order valence-electron chi connectivity index (χ4n) is 2.83. The Kier molecular flexibility index (Phi) is 4.77. The van der Waals surface area contributed by atoms with Crippen molar-refractivity contribution in [2.45, 2.75) is 25.9 Å². The summed E-state index contributed by atoms with van der Waals surface area (Å²) in [6.07, 6.45) is 3.03. The number of anilines is 1. The molecule has 0 aromatic heterocycles. The Morgan fingerprint density at radius 3 is 2.78 bits per heavy atom. The van der Waals surface area contributed by atoms with Crippen molar-refractivity contribution >= 4 is 29.1 Å². The summed E-state index contributed by atoms with van der Waals surface area (Å²) in [5, 5.41) is 13.5. The summed E-state index contributed by atoms with van der Waals surface area (Å²) >= 11 is 0. The first-order chi connectivity index (χ1) is 12.7. The summed E-state index contributed by atoms with van der Waals surface area (Å²) in [7, 11) is 0. The lowest BCUT2D eigenvalue weighted by molar-refractivity contribution is -0.384. The molecule has 1 heterocycles. The molecule has 1 N–H and O–H groups in total. The van der Waals surface area contributed by atoms with E-state index in [2.05, 4.69) is 5.32 Å². The maximum atomic E-state index is 12.3. The first kappa shape index (κ1) is 18.3. The van der Waals surface area contributed by atoms with E-state index in [4.69, 9.17) is 4.74 Å². The van der Waals surface area contributed by atoms with Crippen LogP contribution >= 0.6 is 0 Å². The third-order valence-electron chi connectivity index (χ3n) is 4.03. The molecule has 0 saturated heterocycles. The van der Waals surface area contributed by atoms with Crippen molar-refractivity contribution in [2.75, 3.05) is 5.32 Å². The fourth-order valence-corrected chi connectivity index (χ4v) is 2.83. The normalized spacial score (nSPS) is 15.1. The number of Topliss-reactive ketones (excluding diaryl/α,β-unsaturated/α-hetero) is 1. The molecular formula is C20H18N2O5. The van der Waals surface area contributed by atoms with E-state index in [1.54, 1.807) is 30.3 Å². The molecule has 0 atom stereocenters. The smallest absolute Gasteiger partial charge is 0.270 e. The van der Waals surface area contributed by atoms with Gasteiger partial charge in [-0.15, -0.1) is 0 Å². The van der Waals surface area contributed by atoms with E-state index in [0.717, 1.165) is 0 Å². The monoisotopic (exact) mass is 366 g/mol. The molecule has 0 saturated carbocycles. The number of ether oxygens (including phenoxy) is 1. The van der Waals surface area contributed by atoms with Crippen molar-refractivity contribution < 1.29 is 19.2 Å². The number of carbonyl (C=O) groups excluding carboxylic acids is 2. The predicted molar refractivity (Wildman–Crippen MR) is 101 cm³/mol. The first-order valence-electron chi connectivity index (χ1n) is 8.33. The lowest BCUT2D eigenvalue weighted by Crippen LogP contribution is -2.35. The molecule has 7 heteroatoms. The van der Waals surface area contributed by atoms with Gasteiger partial charge < -0.3 is 10.1 Å². The number of hydrogen-bond acceptors (Lipinski definition) is 5. The number of non-ortho nitro benzene ring substituents is 1. The van der Waals surface area contributed by atoms with Crippen LogP contribution in [0, 0.1) is 10.1 Å². The van der Waals surface area contributed by atoms with Crippen molar-refractivity contribution in [2.24, 2.45) is 0 Å². The van der Waals surface area contributed by atoms with Crippen LogP contribution in [0.3, 0.4) is 0 Å². The Bertz CT molecular complexity index is 963. The largest absolute Gasteiger partial charge is 0.487 e. The van der Waals surface area contributed by atoms with Crippen LogP contribution in [0.15, 0.2) is 48.5 Å². The maximum Gasteiger partial charge on any atom is 0.270 e. The maximum absolute atomic E-state index is 12.3. The second-order valence-corrected chi connectivity index (χ2v) is 6.85. The van der Waals surface area contributed by atoms with E-state index in [1.807, 2.05) is 13.8 Å². The SMILES string of the molecule is CC1(C)CC(=O)c2cc(NC(=O)/C=C/c3cccc([N+](=O)[O-])c3)ccc2O1. The highest BCUT2D eigenvalue weighted by Gasteiger charge is 2.32. The van der Waals surface area contributed by atoms with Gasteiger partial charge in [0.2, 0.25) is 5.91 Å². The third kappa shape index (κ3) is 4.38. The molecule has 1 amide bonds. The molecule has 0 spiro atoms. The topological polar surface area (TPSA) is 98.5 Å². The van der Waals surface area contributed by atoms with E-state index >= 15 is 0 Å². The molecule has 138 valence electrons. The average Bonchev–Trinajstić information content (AvgIpc) is 2.60. The Labute approximate surface area is 155 Å². The Balaban J connectivity index is 1.72. The lowest BCUT2D eigenvalue weighted by Gasteiger charge is -2.31. The molecule has 3 rings (SSSR count). The van der Waals surface area contributed by atoms with Crippen molar-refractivity contribution in [3.05, 3.63) is 69.8 Å². The molecule has 2 aromatic carbocycles. The fraction of sp³-hybridized carbons (Fsp3) is 0.200. The molecule has 1 aliphatic rings. The molecule has 0 aliphatic carbocycles. The van der Waals surface area contributed by atoms with Gasteiger partial charge in [0.1, 0.15) is 11.4 Å². The lowest BCUT2D eigenvalue weighted by atomic mass is 9.93. The van der Waals surface area contributed by atoms with Crippen LogP contribution in [0.1, 0.15) is 36.2 Å². The molecule has 0 bridgehead atoms. The third-order valence-corrected chi connectivity index (χ3v) is 4.03. The van der Waals surface area contributed by atoms with E-state index < -0.39 is 16.4 Å². The van der Waals surface area contributed by atoms with Gasteiger partial charge in [-0.05, 0) is 43.7 Å². The predicted octanol–water partition coefficient (Wildman–Crippen LogP) is 3.99. The quantitative estimate of drug-likeness (QED) is 0.501. The van der Waals surface area contributed by atoms with Crippen LogP contribution < -0.4 is 10.1 Å². The van der Waals surface area contributed by atoms with Crippen LogP contribution in [-0.2, 0) is 4.79 Å². The number of benzene rings is 2. The Hall–Kier alpha value is -3.48. The van der Waals surface area contributed by atoms with Gasteiger partial charge >= 0.3 is 0 Å². The minimum atomic E-state index is -0.546. The van der Waals surface area contributed by atoms with Crippen molar-refractivity contribution in [3.8, 4) is 5.75 Å². The number of carbonyl (C=O) groups is 2. The van der Waals surface area contributed by atoms with Gasteiger partial charge in [-0.3, -0.25) is 19.7 Å². The number of amides is 1. The van der Waals surface area contributed by atoms with Crippen molar-refractivity contribution in [1.82, 2.24) is 0 Å². The summed E-state index contributed by atoms with van der Waals surface area (Å²) in [5.41, 5.74) is 0.855. The van der Waals surface area contributed by atoms with Gasteiger partial charge in [-0.2, -0.15) is 0 Å². The van der Waals surface area contributed by atoms with Crippen LogP contribution in [0.5, 0.6) is 5.75 Å². The van der Waals surface area contributed by atoms with Crippen molar-refractivity contribution in [3.63, 3.8) is 0 Å². The van der Waals surface area contributed by atoms with Crippen molar-refractivity contribution in [1.29, 1.82) is 0 Å². The molecular weight excluding hydrogens is 348 g/mol. The summed E-state index contributed by atoms with van der Waals surface area (Å²) < 4.78 is 5.78. The minimum absolute atomic E-state index is 0.0375. The van der Waals surface area contributed by atoms with Gasteiger partial charge in [0.05, 0.1) is 16.9 Å². The van der Waals surface area contributed by atoms with Gasteiger partial charge in [-0.1, -0.05) is 12.1 Å². The minimum Gasteiger partial charge on any atom is -0.487 e. The molecule has 27 heavy (non-hydrogen) atoms. The van der Waals surface area contributed by atoms with E-state index in [-0.39, 0.29) is 17.9 Å². The molecule has 2 aromatic rings. The summed E-state index contributed by atoms with van der Waals surface area (Å²) in [5.74, 6) is 0.0526. The zero-order chi connectivity index (χ0) is 19.6. The van der Waals surface area contributed by atoms with Gasteiger partial charge in [0, 0.05) is 23.9 Å². The number of nitro groups is 1. The zero-order valence-electron chi connectivity index (χ0n) is 14.9. The Morgan fingerprint density at radius 1 is 1.26 bits per heavy atom. The highest BCUT2D eigenvalue weighted by molar-refractivity contribution is 6.04. The highest BCUT2D eigenvalue weighted by atomic mass is 16.6. The number of ketones is 1. The van der Waals surface area contributed by atoms with E-state index in [1.165, 1.54) is 24.3 Å². The van der Waals surface area contributed by atoms with Crippen LogP contribution in [0.4, 0.5) is 11.4 Å². The van der Waals surface area contributed by atoms with Crippen LogP contribution in [0.2, 0.25) is 0 Å². The molecule has 7 nitrogen and oxygen atoms in total. The second kappa shape index (κ2) is 7.03. The van der Waals surface area contributed by atoms with Gasteiger partial charge in [0.25, 0.3) is 5.69 Å². The van der Waals surface area contributed by atoms with Gasteiger partial charge in [0.15, 0.2) is 5.78 Å². The van der Waals surface area contributed by atoms with Crippen LogP contribution in [0.25, 0.3) is 6.08 Å². The number of rotatable bonds is 4. The highest BCUT2D eigenvalue weighted by Crippen LogP contribution is 2.34. The standard InChI is InChI=1S/C20H18N2O5/c1-20(2)12-17(23)16-11-14(7-8-18(16)27-20)21-19(24)9-6-13-4-3-5-15(10-13)22(25)26/h3-11H,12H2,1-2H3,(H,21,24)/b9-6+. The molecule has 0 unspecified atom stereocenters. The summed E-state index contributed by atoms with van der Waals surface area (Å²) in [6, 6.07) is 10.9.